The number of hydrogen-bond acceptors (Lipinski definition) is 5. The highest BCUT2D eigenvalue weighted by Gasteiger charge is 2.14. The largest absolute Gasteiger partial charge is 0.396 e. The summed E-state index contributed by atoms with van der Waals surface area (Å²) in [7, 11) is -2.05. The van der Waals surface area contributed by atoms with Crippen molar-refractivity contribution in [2.45, 2.75) is 45.1 Å². The third-order valence-electron chi connectivity index (χ3n) is 4.47. The summed E-state index contributed by atoms with van der Waals surface area (Å²) in [6, 6.07) is 6.78. The maximum Gasteiger partial charge on any atom is 0.240 e. The Bertz CT molecular complexity index is 738. The van der Waals surface area contributed by atoms with Gasteiger partial charge in [-0.15, -0.1) is 0 Å². The molecule has 0 saturated carbocycles. The van der Waals surface area contributed by atoms with Gasteiger partial charge in [-0.1, -0.05) is 26.0 Å². The van der Waals surface area contributed by atoms with Gasteiger partial charge in [0.15, 0.2) is 5.96 Å². The number of rotatable bonds is 14. The molecule has 1 aromatic carbocycles. The molecule has 1 atom stereocenters. The lowest BCUT2D eigenvalue weighted by Gasteiger charge is -2.20. The lowest BCUT2D eigenvalue weighted by molar-refractivity contribution is 0.204. The van der Waals surface area contributed by atoms with Gasteiger partial charge in [0.2, 0.25) is 10.0 Å². The Kier molecular flexibility index (Phi) is 12.6. The van der Waals surface area contributed by atoms with Gasteiger partial charge >= 0.3 is 0 Å². The van der Waals surface area contributed by atoms with Gasteiger partial charge in [0, 0.05) is 33.4 Å². The van der Waals surface area contributed by atoms with Crippen LogP contribution in [0.15, 0.2) is 34.2 Å². The maximum absolute atomic E-state index is 12.4. The van der Waals surface area contributed by atoms with E-state index in [0.717, 1.165) is 31.5 Å². The molecule has 30 heavy (non-hydrogen) atoms. The van der Waals surface area contributed by atoms with Crippen LogP contribution in [0.2, 0.25) is 0 Å². The van der Waals surface area contributed by atoms with E-state index in [1.807, 2.05) is 13.0 Å². The number of nitrogens with one attached hydrogen (secondary N) is 3. The summed E-state index contributed by atoms with van der Waals surface area (Å²) in [6.45, 7) is 8.86. The van der Waals surface area contributed by atoms with E-state index in [2.05, 4.69) is 34.2 Å². The Morgan fingerprint density at radius 2 is 2.03 bits per heavy atom. The van der Waals surface area contributed by atoms with Crippen molar-refractivity contribution in [2.24, 2.45) is 16.8 Å². The summed E-state index contributed by atoms with van der Waals surface area (Å²) in [6.07, 6.45) is 1.78. The summed E-state index contributed by atoms with van der Waals surface area (Å²) >= 11 is 0. The molecule has 1 rings (SSSR count). The highest BCUT2D eigenvalue weighted by Crippen LogP contribution is 2.14. The maximum atomic E-state index is 12.4. The number of ether oxygens (including phenoxy) is 1. The van der Waals surface area contributed by atoms with Gasteiger partial charge in [-0.2, -0.15) is 0 Å². The number of hydrogen-bond donors (Lipinski definition) is 4. The Morgan fingerprint density at radius 3 is 2.67 bits per heavy atom. The third kappa shape index (κ3) is 10.4. The minimum absolute atomic E-state index is 0.173. The fraction of sp³-hybridized carbons (Fsp3) is 0.667. The lowest BCUT2D eigenvalue weighted by atomic mass is 9.94. The van der Waals surface area contributed by atoms with Gasteiger partial charge in [-0.05, 0) is 49.3 Å². The van der Waals surface area contributed by atoms with Crippen LogP contribution in [-0.2, 0) is 21.3 Å². The molecule has 0 aromatic heterocycles. The quantitative estimate of drug-likeness (QED) is 0.198. The molecule has 1 unspecified atom stereocenters. The summed E-state index contributed by atoms with van der Waals surface area (Å²) in [5, 5.41) is 15.9. The molecule has 0 aliphatic rings. The zero-order chi connectivity index (χ0) is 22.4. The van der Waals surface area contributed by atoms with E-state index >= 15 is 0 Å². The van der Waals surface area contributed by atoms with Crippen LogP contribution < -0.4 is 15.4 Å². The Labute approximate surface area is 181 Å². The summed E-state index contributed by atoms with van der Waals surface area (Å²) in [5.41, 5.74) is 0.802. The van der Waals surface area contributed by atoms with E-state index in [4.69, 9.17) is 4.74 Å². The summed E-state index contributed by atoms with van der Waals surface area (Å²) in [4.78, 5) is 4.80. The van der Waals surface area contributed by atoms with Gasteiger partial charge in [-0.25, -0.2) is 18.1 Å². The normalized spacial score (nSPS) is 13.5. The first kappa shape index (κ1) is 26.4. The molecule has 8 nitrogen and oxygen atoms in total. The number of nitrogens with zero attached hydrogens (tertiary/aromatic N) is 1. The van der Waals surface area contributed by atoms with Gasteiger partial charge in [0.25, 0.3) is 0 Å². The molecule has 0 saturated heterocycles. The first-order valence-electron chi connectivity index (χ1n) is 10.5. The molecule has 4 N–H and O–H groups in total. The minimum Gasteiger partial charge on any atom is -0.396 e. The molecular formula is C21H38N4O4S. The zero-order valence-electron chi connectivity index (χ0n) is 18.6. The van der Waals surface area contributed by atoms with Crippen LogP contribution in [0.25, 0.3) is 0 Å². The van der Waals surface area contributed by atoms with Crippen LogP contribution in [0.5, 0.6) is 0 Å². The fourth-order valence-electron chi connectivity index (χ4n) is 3.08. The van der Waals surface area contributed by atoms with Crippen molar-refractivity contribution in [3.05, 3.63) is 29.8 Å². The lowest BCUT2D eigenvalue weighted by Crippen LogP contribution is -2.40. The van der Waals surface area contributed by atoms with Gasteiger partial charge < -0.3 is 20.5 Å². The van der Waals surface area contributed by atoms with E-state index in [9.17, 15) is 13.5 Å². The van der Waals surface area contributed by atoms with Crippen molar-refractivity contribution < 1.29 is 18.3 Å². The molecule has 0 heterocycles. The van der Waals surface area contributed by atoms with E-state index in [1.165, 1.54) is 7.11 Å². The van der Waals surface area contributed by atoms with Crippen LogP contribution in [0.1, 0.15) is 39.2 Å². The predicted molar refractivity (Wildman–Crippen MR) is 121 cm³/mol. The molecule has 0 fully saturated rings. The van der Waals surface area contributed by atoms with Crippen LogP contribution in [0, 0.1) is 11.8 Å². The molecule has 0 bridgehead atoms. The minimum atomic E-state index is -3.58. The summed E-state index contributed by atoms with van der Waals surface area (Å²) in [5.74, 6) is 1.60. The van der Waals surface area contributed by atoms with E-state index in [-0.39, 0.29) is 18.0 Å². The number of methoxy groups -OCH3 is 1. The van der Waals surface area contributed by atoms with Crippen molar-refractivity contribution in [3.8, 4) is 0 Å². The van der Waals surface area contributed by atoms with Crippen molar-refractivity contribution in [2.75, 3.05) is 40.0 Å². The van der Waals surface area contributed by atoms with Crippen molar-refractivity contribution in [3.63, 3.8) is 0 Å². The molecule has 0 aliphatic carbocycles. The second-order valence-electron chi connectivity index (χ2n) is 7.62. The first-order valence-corrected chi connectivity index (χ1v) is 12.0. The highest BCUT2D eigenvalue weighted by atomic mass is 32.2. The third-order valence-corrected chi connectivity index (χ3v) is 5.93. The van der Waals surface area contributed by atoms with Gasteiger partial charge in [0.1, 0.15) is 0 Å². The topological polar surface area (TPSA) is 112 Å². The van der Waals surface area contributed by atoms with Crippen LogP contribution >= 0.6 is 0 Å². The number of sulfonamides is 1. The smallest absolute Gasteiger partial charge is 0.240 e. The average molecular weight is 443 g/mol. The van der Waals surface area contributed by atoms with E-state index in [0.29, 0.717) is 30.9 Å². The van der Waals surface area contributed by atoms with Crippen molar-refractivity contribution in [1.29, 1.82) is 0 Å². The van der Waals surface area contributed by atoms with Crippen molar-refractivity contribution in [1.82, 2.24) is 15.4 Å². The van der Waals surface area contributed by atoms with Gasteiger partial charge in [-0.3, -0.25) is 0 Å². The number of aliphatic imine (C=N–C) groups is 1. The Balaban J connectivity index is 2.80. The molecule has 9 heteroatoms. The monoisotopic (exact) mass is 442 g/mol. The van der Waals surface area contributed by atoms with Gasteiger partial charge in [0.05, 0.1) is 18.0 Å². The molecule has 0 radical (unpaired) electrons. The van der Waals surface area contributed by atoms with Crippen LogP contribution in [0.4, 0.5) is 0 Å². The number of guanidine groups is 1. The summed E-state index contributed by atoms with van der Waals surface area (Å²) < 4.78 is 32.2. The predicted octanol–water partition coefficient (Wildman–Crippen LogP) is 1.71. The molecule has 1 aromatic rings. The molecular weight excluding hydrogens is 404 g/mol. The Hall–Kier alpha value is -1.68. The Morgan fingerprint density at radius 1 is 1.27 bits per heavy atom. The number of aliphatic hydroxyl groups excluding tert-OH is 1. The van der Waals surface area contributed by atoms with E-state index < -0.39 is 10.0 Å². The van der Waals surface area contributed by atoms with Crippen molar-refractivity contribution >= 4 is 16.0 Å². The fourth-order valence-corrected chi connectivity index (χ4v) is 4.16. The first-order chi connectivity index (χ1) is 14.3. The second-order valence-corrected chi connectivity index (χ2v) is 9.39. The average Bonchev–Trinajstić information content (AvgIpc) is 2.70. The molecule has 0 aliphatic heterocycles. The highest BCUT2D eigenvalue weighted by molar-refractivity contribution is 7.89. The second kappa shape index (κ2) is 14.3. The van der Waals surface area contributed by atoms with Crippen LogP contribution in [-0.4, -0.2) is 59.4 Å². The standard InChI is InChI=1S/C21H38N4O4S/c1-5-22-21(24-16-19(9-11-26)13-17(2)3)23-15-18-7-6-8-20(14-18)30(27,28)25-10-12-29-4/h6-8,14,17,19,25-26H,5,9-13,15-16H2,1-4H3,(H2,22,23,24). The van der Waals surface area contributed by atoms with Crippen LogP contribution in [0.3, 0.4) is 0 Å². The van der Waals surface area contributed by atoms with E-state index in [1.54, 1.807) is 18.2 Å². The molecule has 172 valence electrons. The molecule has 0 amide bonds. The number of aliphatic hydroxyl groups is 1. The zero-order valence-corrected chi connectivity index (χ0v) is 19.5. The SMILES string of the molecule is CCNC(=NCc1cccc(S(=O)(=O)NCCOC)c1)NCC(CCO)CC(C)C. The number of benzene rings is 1. The molecule has 0 spiro atoms.